The molecule has 30 heavy (non-hydrogen) atoms. The van der Waals surface area contributed by atoms with Crippen LogP contribution in [0.2, 0.25) is 0 Å². The number of benzene rings is 2. The van der Waals surface area contributed by atoms with Crippen LogP contribution in [0.3, 0.4) is 0 Å². The van der Waals surface area contributed by atoms with Gasteiger partial charge in [0.1, 0.15) is 5.75 Å². The summed E-state index contributed by atoms with van der Waals surface area (Å²) in [6, 6.07) is 11.8. The SMILES string of the molecule is Cc1ccccc1SCCC(Oc1ccc(C(F)(F)F)cc1)C(=O)O.O=C(O)O.[CsH]. The van der Waals surface area contributed by atoms with Gasteiger partial charge in [-0.05, 0) is 42.8 Å². The Hall–Kier alpha value is -0.828. The molecule has 2 rings (SSSR count). The second-order valence-corrected chi connectivity index (χ2v) is 6.79. The molecule has 0 saturated heterocycles. The number of thioether (sulfide) groups is 1. The van der Waals surface area contributed by atoms with E-state index in [4.69, 9.17) is 19.7 Å². The number of halogens is 3. The summed E-state index contributed by atoms with van der Waals surface area (Å²) in [5.41, 5.74) is 0.296. The van der Waals surface area contributed by atoms with Gasteiger partial charge in [0.25, 0.3) is 0 Å². The molecule has 1 unspecified atom stereocenters. The molecular weight excluding hydrogens is 546 g/mol. The van der Waals surface area contributed by atoms with Crippen molar-refractivity contribution in [3.05, 3.63) is 59.7 Å². The van der Waals surface area contributed by atoms with Crippen LogP contribution in [-0.2, 0) is 11.0 Å². The molecular formula is C19H20CsF3O6S. The summed E-state index contributed by atoms with van der Waals surface area (Å²) in [4.78, 5) is 20.9. The van der Waals surface area contributed by atoms with Crippen LogP contribution in [0.4, 0.5) is 18.0 Å². The van der Waals surface area contributed by atoms with Crippen molar-refractivity contribution in [1.82, 2.24) is 0 Å². The van der Waals surface area contributed by atoms with Crippen molar-refractivity contribution < 1.29 is 42.8 Å². The Morgan fingerprint density at radius 2 is 1.57 bits per heavy atom. The van der Waals surface area contributed by atoms with E-state index in [2.05, 4.69) is 0 Å². The molecule has 6 nitrogen and oxygen atoms in total. The molecule has 160 valence electrons. The van der Waals surface area contributed by atoms with Gasteiger partial charge in [0.2, 0.25) is 0 Å². The Bertz CT molecular complexity index is 811. The molecule has 0 aliphatic carbocycles. The van der Waals surface area contributed by atoms with Gasteiger partial charge in [-0.2, -0.15) is 13.2 Å². The topological polar surface area (TPSA) is 104 Å². The summed E-state index contributed by atoms with van der Waals surface area (Å²) in [5.74, 6) is -0.533. The van der Waals surface area contributed by atoms with Gasteiger partial charge in [-0.25, -0.2) is 9.59 Å². The summed E-state index contributed by atoms with van der Waals surface area (Å²) in [7, 11) is 0. The van der Waals surface area contributed by atoms with Gasteiger partial charge in [-0.15, -0.1) is 11.8 Å². The number of aryl methyl sites for hydroxylation is 1. The molecule has 0 heterocycles. The zero-order chi connectivity index (χ0) is 22.0. The second kappa shape index (κ2) is 14.3. The maximum absolute atomic E-state index is 12.5. The first kappa shape index (κ1) is 29.2. The third-order valence-electron chi connectivity index (χ3n) is 3.47. The number of carboxylic acids is 1. The summed E-state index contributed by atoms with van der Waals surface area (Å²) in [5, 5.41) is 23.2. The van der Waals surface area contributed by atoms with E-state index in [-0.39, 0.29) is 81.1 Å². The quantitative estimate of drug-likeness (QED) is 0.421. The number of hydrogen-bond acceptors (Lipinski definition) is 4. The fraction of sp³-hybridized carbons (Fsp3) is 0.263. The number of hydrogen-bond donors (Lipinski definition) is 3. The van der Waals surface area contributed by atoms with Crippen molar-refractivity contribution in [2.24, 2.45) is 0 Å². The van der Waals surface area contributed by atoms with Crippen LogP contribution in [0.1, 0.15) is 17.5 Å². The van der Waals surface area contributed by atoms with Crippen molar-refractivity contribution in [2.45, 2.75) is 30.5 Å². The molecule has 2 aromatic carbocycles. The molecule has 0 bridgehead atoms. The van der Waals surface area contributed by atoms with Crippen molar-refractivity contribution in [2.75, 3.05) is 5.75 Å². The van der Waals surface area contributed by atoms with Crippen LogP contribution in [0.25, 0.3) is 0 Å². The molecule has 0 radical (unpaired) electrons. The molecule has 0 aliphatic rings. The van der Waals surface area contributed by atoms with Gasteiger partial charge in [0.15, 0.2) is 6.10 Å². The molecule has 0 saturated carbocycles. The van der Waals surface area contributed by atoms with Crippen LogP contribution in [0.5, 0.6) is 5.75 Å². The fourth-order valence-electron chi connectivity index (χ4n) is 2.11. The van der Waals surface area contributed by atoms with Crippen LogP contribution < -0.4 is 4.74 Å². The third kappa shape index (κ3) is 11.5. The van der Waals surface area contributed by atoms with E-state index >= 15 is 0 Å². The van der Waals surface area contributed by atoms with Crippen LogP contribution in [0.15, 0.2) is 53.4 Å². The molecule has 11 heteroatoms. The Morgan fingerprint density at radius 1 is 1.03 bits per heavy atom. The molecule has 2 aromatic rings. The van der Waals surface area contributed by atoms with Crippen molar-refractivity contribution in [3.63, 3.8) is 0 Å². The third-order valence-corrected chi connectivity index (χ3v) is 4.68. The number of ether oxygens (including phenoxy) is 1. The van der Waals surface area contributed by atoms with E-state index in [1.807, 2.05) is 31.2 Å². The van der Waals surface area contributed by atoms with Crippen LogP contribution in [0, 0.1) is 6.92 Å². The summed E-state index contributed by atoms with van der Waals surface area (Å²) < 4.78 is 42.9. The van der Waals surface area contributed by atoms with Gasteiger partial charge >= 0.3 is 87.2 Å². The van der Waals surface area contributed by atoms with E-state index in [0.29, 0.717) is 5.75 Å². The zero-order valence-electron chi connectivity index (χ0n) is 15.2. The number of rotatable bonds is 7. The maximum atomic E-state index is 12.5. The minimum absolute atomic E-state index is 0. The molecule has 0 fully saturated rings. The summed E-state index contributed by atoms with van der Waals surface area (Å²) >= 11 is 1.52. The van der Waals surface area contributed by atoms with Crippen molar-refractivity contribution >= 4 is 92.8 Å². The first-order chi connectivity index (χ1) is 13.5. The number of alkyl halides is 3. The fourth-order valence-corrected chi connectivity index (χ4v) is 3.14. The van der Waals surface area contributed by atoms with Gasteiger partial charge in [-0.3, -0.25) is 0 Å². The second-order valence-electron chi connectivity index (χ2n) is 5.65. The van der Waals surface area contributed by atoms with Gasteiger partial charge < -0.3 is 20.1 Å². The average molecular weight is 566 g/mol. The van der Waals surface area contributed by atoms with Crippen LogP contribution >= 0.6 is 11.8 Å². The monoisotopic (exact) mass is 566 g/mol. The van der Waals surface area contributed by atoms with Gasteiger partial charge in [0.05, 0.1) is 5.56 Å². The Labute approximate surface area is 234 Å². The molecule has 0 aromatic heterocycles. The number of carboxylic acid groups (broad SMARTS) is 3. The van der Waals surface area contributed by atoms with Crippen molar-refractivity contribution in [1.29, 1.82) is 0 Å². The molecule has 3 N–H and O–H groups in total. The van der Waals surface area contributed by atoms with E-state index in [9.17, 15) is 23.1 Å². The normalized spacial score (nSPS) is 11.3. The van der Waals surface area contributed by atoms with E-state index in [1.165, 1.54) is 11.8 Å². The minimum atomic E-state index is -4.44. The van der Waals surface area contributed by atoms with Gasteiger partial charge in [-0.1, -0.05) is 18.2 Å². The predicted octanol–water partition coefficient (Wildman–Crippen LogP) is 4.60. The van der Waals surface area contributed by atoms with E-state index in [0.717, 1.165) is 34.7 Å². The number of aliphatic carboxylic acids is 1. The molecule has 0 spiro atoms. The Kier molecular flexibility index (Phi) is 13.9. The molecule has 1 atom stereocenters. The van der Waals surface area contributed by atoms with Gasteiger partial charge in [0, 0.05) is 17.1 Å². The summed E-state index contributed by atoms with van der Waals surface area (Å²) in [6.07, 6.45) is -7.15. The first-order valence-corrected chi connectivity index (χ1v) is 9.16. The van der Waals surface area contributed by atoms with Crippen molar-refractivity contribution in [3.8, 4) is 5.75 Å². The van der Waals surface area contributed by atoms with E-state index < -0.39 is 30.0 Å². The average Bonchev–Trinajstić information content (AvgIpc) is 2.61. The predicted molar refractivity (Wildman–Crippen MR) is 108 cm³/mol. The summed E-state index contributed by atoms with van der Waals surface area (Å²) in [6.45, 7) is 1.97. The zero-order valence-corrected chi connectivity index (χ0v) is 16.0. The number of carbonyl (C=O) groups is 2. The Morgan fingerprint density at radius 3 is 2.03 bits per heavy atom. The first-order valence-electron chi connectivity index (χ1n) is 8.17. The molecule has 0 amide bonds. The Balaban J connectivity index is 0.00000154. The van der Waals surface area contributed by atoms with Crippen LogP contribution in [-0.4, -0.2) is 108 Å². The van der Waals surface area contributed by atoms with E-state index in [1.54, 1.807) is 0 Å². The standard InChI is InChI=1S/C18H17F3O3S.CH2O3.Cs.H/c1-12-4-2-3-5-16(12)25-11-10-15(17(22)23)24-14-8-6-13(7-9-14)18(19,20)21;2-1(3)4;;/h2-9,15H,10-11H2,1H3,(H,22,23);(H2,2,3,4);;. The molecule has 0 aliphatic heterocycles.